The minimum atomic E-state index is -3.07. The molecule has 23 heavy (non-hydrogen) atoms. The van der Waals surface area contributed by atoms with Gasteiger partial charge in [0.25, 0.3) is 0 Å². The van der Waals surface area contributed by atoms with Crippen LogP contribution in [0.2, 0.25) is 0 Å². The Hall–Kier alpha value is -1.71. The Morgan fingerprint density at radius 2 is 2.00 bits per heavy atom. The SMILES string of the molecule is CC(F)(F)C[C@H](NC(=O)C1CC12CCC2)C(=O)NC1(C#N)CC1. The highest BCUT2D eigenvalue weighted by Crippen LogP contribution is 2.65. The molecular formula is C16H21F2N3O2. The first kappa shape index (κ1) is 16.2. The van der Waals surface area contributed by atoms with Crippen molar-refractivity contribution in [1.82, 2.24) is 10.6 Å². The summed E-state index contributed by atoms with van der Waals surface area (Å²) in [7, 11) is 0. The molecule has 3 aliphatic carbocycles. The van der Waals surface area contributed by atoms with Crippen LogP contribution in [0, 0.1) is 22.7 Å². The summed E-state index contributed by atoms with van der Waals surface area (Å²) in [6.45, 7) is 0.723. The Labute approximate surface area is 133 Å². The van der Waals surface area contributed by atoms with Crippen molar-refractivity contribution in [1.29, 1.82) is 5.26 Å². The van der Waals surface area contributed by atoms with Crippen molar-refractivity contribution in [2.45, 2.75) is 69.4 Å². The third-order valence-corrected chi connectivity index (χ3v) is 5.38. The van der Waals surface area contributed by atoms with Gasteiger partial charge in [0.15, 0.2) is 0 Å². The largest absolute Gasteiger partial charge is 0.344 e. The number of carbonyl (C=O) groups excluding carboxylic acids is 2. The maximum atomic E-state index is 13.4. The summed E-state index contributed by atoms with van der Waals surface area (Å²) in [4.78, 5) is 24.5. The molecule has 0 aliphatic heterocycles. The number of nitriles is 1. The molecule has 0 bridgehead atoms. The summed E-state index contributed by atoms with van der Waals surface area (Å²) in [6, 6.07) is 0.689. The molecule has 2 N–H and O–H groups in total. The molecule has 0 aromatic carbocycles. The zero-order valence-electron chi connectivity index (χ0n) is 13.1. The second kappa shape index (κ2) is 5.15. The van der Waals surface area contributed by atoms with E-state index in [0.29, 0.717) is 12.8 Å². The van der Waals surface area contributed by atoms with Crippen LogP contribution < -0.4 is 10.6 Å². The summed E-state index contributed by atoms with van der Waals surface area (Å²) in [6.07, 6.45) is 4.18. The van der Waals surface area contributed by atoms with E-state index in [9.17, 15) is 18.4 Å². The van der Waals surface area contributed by atoms with Gasteiger partial charge in [-0.1, -0.05) is 6.42 Å². The maximum Gasteiger partial charge on any atom is 0.247 e. The summed E-state index contributed by atoms with van der Waals surface area (Å²) in [5.74, 6) is -4.22. The number of carbonyl (C=O) groups is 2. The van der Waals surface area contributed by atoms with Gasteiger partial charge in [-0.05, 0) is 44.4 Å². The maximum absolute atomic E-state index is 13.4. The van der Waals surface area contributed by atoms with Crippen LogP contribution >= 0.6 is 0 Å². The Morgan fingerprint density at radius 3 is 2.39 bits per heavy atom. The van der Waals surface area contributed by atoms with Crippen molar-refractivity contribution in [2.75, 3.05) is 0 Å². The van der Waals surface area contributed by atoms with Crippen molar-refractivity contribution >= 4 is 11.8 Å². The van der Waals surface area contributed by atoms with Gasteiger partial charge in [-0.25, -0.2) is 8.78 Å². The van der Waals surface area contributed by atoms with E-state index < -0.39 is 29.8 Å². The van der Waals surface area contributed by atoms with Gasteiger partial charge >= 0.3 is 0 Å². The zero-order valence-corrected chi connectivity index (χ0v) is 13.1. The quantitative estimate of drug-likeness (QED) is 0.782. The molecule has 2 amide bonds. The topological polar surface area (TPSA) is 82.0 Å². The fourth-order valence-electron chi connectivity index (χ4n) is 3.45. The molecular weight excluding hydrogens is 304 g/mol. The number of nitrogens with one attached hydrogen (secondary N) is 2. The average molecular weight is 325 g/mol. The lowest BCUT2D eigenvalue weighted by atomic mass is 9.79. The van der Waals surface area contributed by atoms with Gasteiger partial charge in [-0.2, -0.15) is 5.26 Å². The second-order valence-corrected chi connectivity index (χ2v) is 7.49. The van der Waals surface area contributed by atoms with Crippen molar-refractivity contribution in [3.8, 4) is 6.07 Å². The van der Waals surface area contributed by atoms with Crippen molar-refractivity contribution < 1.29 is 18.4 Å². The lowest BCUT2D eigenvalue weighted by molar-refractivity contribution is -0.132. The summed E-state index contributed by atoms with van der Waals surface area (Å²) >= 11 is 0. The molecule has 0 saturated heterocycles. The van der Waals surface area contributed by atoms with Gasteiger partial charge in [0, 0.05) is 12.3 Å². The van der Waals surface area contributed by atoms with E-state index in [0.717, 1.165) is 32.6 Å². The highest BCUT2D eigenvalue weighted by molar-refractivity contribution is 5.90. The summed E-state index contributed by atoms with van der Waals surface area (Å²) < 4.78 is 26.7. The van der Waals surface area contributed by atoms with Crippen LogP contribution in [0.25, 0.3) is 0 Å². The van der Waals surface area contributed by atoms with E-state index in [4.69, 9.17) is 5.26 Å². The minimum Gasteiger partial charge on any atom is -0.344 e. The number of hydrogen-bond acceptors (Lipinski definition) is 3. The molecule has 1 unspecified atom stereocenters. The van der Waals surface area contributed by atoms with E-state index in [2.05, 4.69) is 10.6 Å². The standard InChI is InChI=1S/C16H21F2N3O2/c1-14(17,18)8-11(13(23)21-16(9-19)5-6-16)20-12(22)10-7-15(10)3-2-4-15/h10-11H,2-8H2,1H3,(H,20,22)(H,21,23)/t10?,11-/m0/s1. The van der Waals surface area contributed by atoms with Gasteiger partial charge in [0.2, 0.25) is 17.7 Å². The predicted octanol–water partition coefficient (Wildman–Crippen LogP) is 1.88. The number of nitrogens with zero attached hydrogens (tertiary/aromatic N) is 1. The van der Waals surface area contributed by atoms with Gasteiger partial charge in [-0.15, -0.1) is 0 Å². The Bertz CT molecular complexity index is 571. The Morgan fingerprint density at radius 1 is 1.35 bits per heavy atom. The predicted molar refractivity (Wildman–Crippen MR) is 77.3 cm³/mol. The monoisotopic (exact) mass is 325 g/mol. The highest BCUT2D eigenvalue weighted by atomic mass is 19.3. The van der Waals surface area contributed by atoms with Gasteiger partial charge in [-0.3, -0.25) is 9.59 Å². The molecule has 0 aromatic heterocycles. The molecule has 3 fully saturated rings. The highest BCUT2D eigenvalue weighted by Gasteiger charge is 2.61. The minimum absolute atomic E-state index is 0.0736. The third-order valence-electron chi connectivity index (χ3n) is 5.38. The fraction of sp³-hybridized carbons (Fsp3) is 0.812. The molecule has 1 spiro atoms. The van der Waals surface area contributed by atoms with E-state index in [-0.39, 0.29) is 17.2 Å². The Balaban J connectivity index is 1.62. The third kappa shape index (κ3) is 3.31. The molecule has 0 radical (unpaired) electrons. The van der Waals surface area contributed by atoms with E-state index in [1.807, 2.05) is 6.07 Å². The van der Waals surface area contributed by atoms with Crippen molar-refractivity contribution in [3.05, 3.63) is 0 Å². The van der Waals surface area contributed by atoms with Crippen LogP contribution in [0.4, 0.5) is 8.78 Å². The zero-order chi connectivity index (χ0) is 16.9. The number of rotatable bonds is 6. The van der Waals surface area contributed by atoms with E-state index >= 15 is 0 Å². The van der Waals surface area contributed by atoms with Crippen LogP contribution in [0.1, 0.15) is 51.9 Å². The molecule has 0 aromatic rings. The first-order chi connectivity index (χ1) is 10.7. The van der Waals surface area contributed by atoms with Crippen molar-refractivity contribution in [3.63, 3.8) is 0 Å². The summed E-state index contributed by atoms with van der Waals surface area (Å²) in [5.41, 5.74) is -0.859. The Kier molecular flexibility index (Phi) is 3.62. The lowest BCUT2D eigenvalue weighted by Crippen LogP contribution is -2.52. The van der Waals surface area contributed by atoms with Crippen LogP contribution in [-0.2, 0) is 9.59 Å². The second-order valence-electron chi connectivity index (χ2n) is 7.49. The first-order valence-corrected chi connectivity index (χ1v) is 8.10. The molecule has 3 rings (SSSR count). The fourth-order valence-corrected chi connectivity index (χ4v) is 3.45. The number of amides is 2. The van der Waals surface area contributed by atoms with Crippen LogP contribution in [0.5, 0.6) is 0 Å². The van der Waals surface area contributed by atoms with Crippen LogP contribution in [-0.4, -0.2) is 29.3 Å². The number of halogens is 2. The smallest absolute Gasteiger partial charge is 0.247 e. The normalized spacial score (nSPS) is 27.3. The van der Waals surface area contributed by atoms with Crippen LogP contribution in [0.15, 0.2) is 0 Å². The molecule has 5 nitrogen and oxygen atoms in total. The number of hydrogen-bond donors (Lipinski definition) is 2. The van der Waals surface area contributed by atoms with Gasteiger partial charge < -0.3 is 10.6 Å². The molecule has 2 atom stereocenters. The van der Waals surface area contributed by atoms with Crippen LogP contribution in [0.3, 0.4) is 0 Å². The average Bonchev–Trinajstić information content (AvgIpc) is 3.29. The lowest BCUT2D eigenvalue weighted by Gasteiger charge is -2.27. The first-order valence-electron chi connectivity index (χ1n) is 8.10. The van der Waals surface area contributed by atoms with Gasteiger partial charge in [0.05, 0.1) is 6.07 Å². The van der Waals surface area contributed by atoms with E-state index in [1.54, 1.807) is 0 Å². The number of alkyl halides is 2. The molecule has 126 valence electrons. The molecule has 3 saturated carbocycles. The van der Waals surface area contributed by atoms with Gasteiger partial charge in [0.1, 0.15) is 11.6 Å². The van der Waals surface area contributed by atoms with Crippen molar-refractivity contribution in [2.24, 2.45) is 11.3 Å². The summed E-state index contributed by atoms with van der Waals surface area (Å²) in [5, 5.41) is 14.0. The van der Waals surface area contributed by atoms with E-state index in [1.165, 1.54) is 0 Å². The molecule has 3 aliphatic rings. The molecule has 0 heterocycles. The molecule has 7 heteroatoms.